The summed E-state index contributed by atoms with van der Waals surface area (Å²) in [5.41, 5.74) is 0. The first-order chi connectivity index (χ1) is 14.1. The number of hydrogen-bond donors (Lipinski definition) is 2. The maximum absolute atomic E-state index is 12.5. The molecule has 0 aliphatic carbocycles. The third kappa shape index (κ3) is 4.59. The Kier molecular flexibility index (Phi) is 6.10. The number of aliphatic hydroxyl groups excluding tert-OH is 1. The highest BCUT2D eigenvalue weighted by Gasteiger charge is 2.28. The molecule has 2 aliphatic heterocycles. The summed E-state index contributed by atoms with van der Waals surface area (Å²) in [5, 5.41) is 13.0. The van der Waals surface area contributed by atoms with E-state index in [2.05, 4.69) is 30.1 Å². The maximum Gasteiger partial charge on any atom is 0.228 e. The first-order valence-corrected chi connectivity index (χ1v) is 10.4. The smallest absolute Gasteiger partial charge is 0.228 e. The van der Waals surface area contributed by atoms with Gasteiger partial charge in [-0.15, -0.1) is 0 Å². The number of nitrogens with zero attached hydrogens (tertiary/aromatic N) is 5. The minimum atomic E-state index is -0.0533. The van der Waals surface area contributed by atoms with Crippen LogP contribution in [0.4, 0.5) is 17.5 Å². The topological polar surface area (TPSA) is 94.5 Å². The van der Waals surface area contributed by atoms with Crippen molar-refractivity contribution in [2.45, 2.75) is 31.7 Å². The van der Waals surface area contributed by atoms with E-state index in [1.807, 2.05) is 6.07 Å². The van der Waals surface area contributed by atoms with Gasteiger partial charge in [0.2, 0.25) is 5.91 Å². The quantitative estimate of drug-likeness (QED) is 0.772. The van der Waals surface area contributed by atoms with Crippen LogP contribution in [0.25, 0.3) is 0 Å². The van der Waals surface area contributed by atoms with Gasteiger partial charge in [-0.1, -0.05) is 11.6 Å². The number of halogens is 1. The summed E-state index contributed by atoms with van der Waals surface area (Å²) in [5.74, 6) is 2.19. The second kappa shape index (κ2) is 8.92. The van der Waals surface area contributed by atoms with E-state index in [0.717, 1.165) is 57.0 Å². The Labute approximate surface area is 174 Å². The summed E-state index contributed by atoms with van der Waals surface area (Å²) in [7, 11) is 0. The molecule has 4 heterocycles. The number of nitrogens with one attached hydrogen (secondary N) is 1. The number of aromatic nitrogens is 3. The Hall–Kier alpha value is -2.45. The van der Waals surface area contributed by atoms with E-state index in [4.69, 9.17) is 11.6 Å². The molecule has 2 aromatic rings. The van der Waals surface area contributed by atoms with Crippen LogP contribution in [0.2, 0.25) is 5.02 Å². The Balaban J connectivity index is 1.35. The third-order valence-corrected chi connectivity index (χ3v) is 5.91. The van der Waals surface area contributed by atoms with Crippen LogP contribution < -0.4 is 15.1 Å². The van der Waals surface area contributed by atoms with Gasteiger partial charge in [0.25, 0.3) is 0 Å². The molecule has 154 valence electrons. The average Bonchev–Trinajstić information content (AvgIpc) is 3.24. The van der Waals surface area contributed by atoms with Crippen LogP contribution in [-0.2, 0) is 4.79 Å². The van der Waals surface area contributed by atoms with Crippen LogP contribution in [0.5, 0.6) is 0 Å². The summed E-state index contributed by atoms with van der Waals surface area (Å²) in [6, 6.07) is 5.54. The monoisotopic (exact) mass is 416 g/mol. The predicted molar refractivity (Wildman–Crippen MR) is 112 cm³/mol. The lowest BCUT2D eigenvalue weighted by molar-refractivity contribution is -0.120. The van der Waals surface area contributed by atoms with Gasteiger partial charge >= 0.3 is 0 Å². The van der Waals surface area contributed by atoms with Crippen molar-refractivity contribution in [3.05, 3.63) is 35.7 Å². The SMILES string of the molecule is O=C(Nc1ccc(Cl)cn1)C1CCN(c2cc(N3CCCC3CO)ncn2)CC1. The van der Waals surface area contributed by atoms with Crippen LogP contribution in [0.15, 0.2) is 30.7 Å². The van der Waals surface area contributed by atoms with Gasteiger partial charge in [0.15, 0.2) is 0 Å². The van der Waals surface area contributed by atoms with Gasteiger partial charge in [0.05, 0.1) is 17.7 Å². The molecule has 0 radical (unpaired) electrons. The molecule has 0 saturated carbocycles. The van der Waals surface area contributed by atoms with E-state index in [1.54, 1.807) is 18.5 Å². The summed E-state index contributed by atoms with van der Waals surface area (Å²) in [4.78, 5) is 29.8. The number of aliphatic hydroxyl groups is 1. The molecule has 8 nitrogen and oxygen atoms in total. The van der Waals surface area contributed by atoms with E-state index in [0.29, 0.717) is 10.8 Å². The number of amides is 1. The van der Waals surface area contributed by atoms with Crippen molar-refractivity contribution in [3.63, 3.8) is 0 Å². The molecule has 4 rings (SSSR count). The van der Waals surface area contributed by atoms with Gasteiger partial charge in [0.1, 0.15) is 23.8 Å². The van der Waals surface area contributed by atoms with Crippen LogP contribution in [0, 0.1) is 5.92 Å². The molecule has 2 N–H and O–H groups in total. The van der Waals surface area contributed by atoms with Gasteiger partial charge in [-0.05, 0) is 37.8 Å². The highest BCUT2D eigenvalue weighted by Crippen LogP contribution is 2.28. The van der Waals surface area contributed by atoms with Gasteiger partial charge < -0.3 is 20.2 Å². The molecule has 0 spiro atoms. The molecule has 2 saturated heterocycles. The first-order valence-electron chi connectivity index (χ1n) is 10.0. The molecular formula is C20H25ClN6O2. The van der Waals surface area contributed by atoms with Gasteiger partial charge in [-0.25, -0.2) is 15.0 Å². The largest absolute Gasteiger partial charge is 0.394 e. The fourth-order valence-corrected chi connectivity index (χ4v) is 4.15. The summed E-state index contributed by atoms with van der Waals surface area (Å²) < 4.78 is 0. The molecule has 2 aliphatic rings. The van der Waals surface area contributed by atoms with E-state index in [-0.39, 0.29) is 24.5 Å². The predicted octanol–water partition coefficient (Wildman–Crippen LogP) is 2.34. The number of carbonyl (C=O) groups excluding carboxylic acids is 1. The maximum atomic E-state index is 12.5. The van der Waals surface area contributed by atoms with Crippen LogP contribution >= 0.6 is 11.6 Å². The van der Waals surface area contributed by atoms with Crippen LogP contribution in [0.3, 0.4) is 0 Å². The van der Waals surface area contributed by atoms with E-state index in [1.165, 1.54) is 6.20 Å². The number of rotatable bonds is 5. The van der Waals surface area contributed by atoms with Gasteiger partial charge in [-0.3, -0.25) is 4.79 Å². The molecule has 2 aromatic heterocycles. The van der Waals surface area contributed by atoms with Crippen molar-refractivity contribution in [1.29, 1.82) is 0 Å². The molecule has 0 aromatic carbocycles. The zero-order chi connectivity index (χ0) is 20.2. The minimum absolute atomic E-state index is 0.00861. The van der Waals surface area contributed by atoms with Gasteiger partial charge in [0, 0.05) is 37.8 Å². The number of pyridine rings is 1. The average molecular weight is 417 g/mol. The van der Waals surface area contributed by atoms with Crippen molar-refractivity contribution < 1.29 is 9.90 Å². The van der Waals surface area contributed by atoms with Gasteiger partial charge in [-0.2, -0.15) is 0 Å². The summed E-state index contributed by atoms with van der Waals surface area (Å²) >= 11 is 5.83. The Morgan fingerprint density at radius 1 is 1.14 bits per heavy atom. The normalized spacial score (nSPS) is 20.1. The lowest BCUT2D eigenvalue weighted by atomic mass is 9.96. The highest BCUT2D eigenvalue weighted by atomic mass is 35.5. The number of carbonyl (C=O) groups is 1. The van der Waals surface area contributed by atoms with Crippen molar-refractivity contribution in [2.75, 3.05) is 41.4 Å². The van der Waals surface area contributed by atoms with Crippen molar-refractivity contribution >= 4 is 35.0 Å². The number of piperidine rings is 1. The lowest BCUT2D eigenvalue weighted by Crippen LogP contribution is -2.39. The molecule has 2 fully saturated rings. The number of anilines is 3. The van der Waals surface area contributed by atoms with Crippen molar-refractivity contribution in [3.8, 4) is 0 Å². The van der Waals surface area contributed by atoms with E-state index in [9.17, 15) is 9.90 Å². The summed E-state index contributed by atoms with van der Waals surface area (Å²) in [6.07, 6.45) is 6.66. The zero-order valence-electron chi connectivity index (χ0n) is 16.2. The summed E-state index contributed by atoms with van der Waals surface area (Å²) in [6.45, 7) is 2.56. The van der Waals surface area contributed by atoms with Crippen LogP contribution in [0.1, 0.15) is 25.7 Å². The van der Waals surface area contributed by atoms with E-state index < -0.39 is 0 Å². The fourth-order valence-electron chi connectivity index (χ4n) is 4.04. The standard InChI is InChI=1S/C20H25ClN6O2/c21-15-3-4-17(22-11-15)25-20(29)14-5-8-26(9-6-14)18-10-19(24-13-23-18)27-7-1-2-16(27)12-28/h3-4,10-11,13-14,16,28H,1-2,5-9,12H2,(H,22,25,29). The Bertz CT molecular complexity index is 841. The van der Waals surface area contributed by atoms with Crippen molar-refractivity contribution in [2.24, 2.45) is 5.92 Å². The second-order valence-electron chi connectivity index (χ2n) is 7.52. The second-order valence-corrected chi connectivity index (χ2v) is 7.96. The first kappa shape index (κ1) is 19.8. The molecule has 1 unspecified atom stereocenters. The minimum Gasteiger partial charge on any atom is -0.394 e. The molecule has 0 bridgehead atoms. The number of hydrogen-bond acceptors (Lipinski definition) is 7. The van der Waals surface area contributed by atoms with E-state index >= 15 is 0 Å². The highest BCUT2D eigenvalue weighted by molar-refractivity contribution is 6.30. The van der Waals surface area contributed by atoms with Crippen LogP contribution in [-0.4, -0.2) is 58.2 Å². The third-order valence-electron chi connectivity index (χ3n) is 5.69. The molecule has 29 heavy (non-hydrogen) atoms. The molecule has 1 atom stereocenters. The van der Waals surface area contributed by atoms with Crippen molar-refractivity contribution in [1.82, 2.24) is 15.0 Å². The molecule has 1 amide bonds. The molecular weight excluding hydrogens is 392 g/mol. The molecule has 9 heteroatoms. The Morgan fingerprint density at radius 3 is 2.66 bits per heavy atom. The zero-order valence-corrected chi connectivity index (χ0v) is 16.9. The lowest BCUT2D eigenvalue weighted by Gasteiger charge is -2.32. The Morgan fingerprint density at radius 2 is 1.93 bits per heavy atom. The fraction of sp³-hybridized carbons (Fsp3) is 0.500.